The minimum Gasteiger partial charge on any atom is -0.497 e. The SMILES string of the molecule is COc1ccc2c(c1)OC[C@@H](Cc1ccc(C(N)=O)cc1)C2. The molecule has 0 fully saturated rings. The second-order valence-corrected chi connectivity index (χ2v) is 5.62. The third kappa shape index (κ3) is 3.06. The molecule has 3 rings (SSSR count). The van der Waals surface area contributed by atoms with Crippen LogP contribution in [0, 0.1) is 5.92 Å². The van der Waals surface area contributed by atoms with Gasteiger partial charge in [-0.1, -0.05) is 18.2 Å². The van der Waals surface area contributed by atoms with Crippen LogP contribution in [0.3, 0.4) is 0 Å². The summed E-state index contributed by atoms with van der Waals surface area (Å²) in [7, 11) is 1.66. The fourth-order valence-corrected chi connectivity index (χ4v) is 2.81. The summed E-state index contributed by atoms with van der Waals surface area (Å²) < 4.78 is 11.1. The van der Waals surface area contributed by atoms with E-state index >= 15 is 0 Å². The van der Waals surface area contributed by atoms with Crippen LogP contribution in [0.2, 0.25) is 0 Å². The molecule has 1 aliphatic heterocycles. The van der Waals surface area contributed by atoms with Crippen LogP contribution < -0.4 is 15.2 Å². The van der Waals surface area contributed by atoms with E-state index in [4.69, 9.17) is 15.2 Å². The normalized spacial score (nSPS) is 16.5. The first kappa shape index (κ1) is 14.4. The fraction of sp³-hybridized carbons (Fsp3) is 0.278. The van der Waals surface area contributed by atoms with Gasteiger partial charge in [-0.15, -0.1) is 0 Å². The highest BCUT2D eigenvalue weighted by atomic mass is 16.5. The second-order valence-electron chi connectivity index (χ2n) is 5.62. The van der Waals surface area contributed by atoms with Crippen molar-refractivity contribution in [1.82, 2.24) is 0 Å². The van der Waals surface area contributed by atoms with Crippen molar-refractivity contribution >= 4 is 5.91 Å². The minimum atomic E-state index is -0.393. The molecule has 1 atom stereocenters. The molecular formula is C18H19NO3. The molecule has 0 saturated heterocycles. The molecule has 22 heavy (non-hydrogen) atoms. The third-order valence-corrected chi connectivity index (χ3v) is 4.02. The predicted molar refractivity (Wildman–Crippen MR) is 84.3 cm³/mol. The number of hydrogen-bond donors (Lipinski definition) is 1. The lowest BCUT2D eigenvalue weighted by molar-refractivity contribution is 0.100. The molecule has 0 bridgehead atoms. The lowest BCUT2D eigenvalue weighted by Crippen LogP contribution is -2.22. The lowest BCUT2D eigenvalue weighted by atomic mass is 9.90. The first-order chi connectivity index (χ1) is 10.7. The molecule has 0 unspecified atom stereocenters. The predicted octanol–water partition coefficient (Wildman–Crippen LogP) is 2.59. The van der Waals surface area contributed by atoms with Gasteiger partial charge in [0.05, 0.1) is 13.7 Å². The van der Waals surface area contributed by atoms with Crippen LogP contribution in [0.15, 0.2) is 42.5 Å². The minimum absolute atomic E-state index is 0.393. The van der Waals surface area contributed by atoms with E-state index in [1.807, 2.05) is 24.3 Å². The summed E-state index contributed by atoms with van der Waals surface area (Å²) in [4.78, 5) is 11.1. The summed E-state index contributed by atoms with van der Waals surface area (Å²) in [5.74, 6) is 1.77. The monoisotopic (exact) mass is 297 g/mol. The fourth-order valence-electron chi connectivity index (χ4n) is 2.81. The van der Waals surface area contributed by atoms with Crippen molar-refractivity contribution in [2.45, 2.75) is 12.8 Å². The largest absolute Gasteiger partial charge is 0.497 e. The number of methoxy groups -OCH3 is 1. The van der Waals surface area contributed by atoms with Crippen molar-refractivity contribution in [2.75, 3.05) is 13.7 Å². The highest BCUT2D eigenvalue weighted by molar-refractivity contribution is 5.92. The molecule has 1 heterocycles. The molecule has 4 heteroatoms. The van der Waals surface area contributed by atoms with E-state index in [1.165, 1.54) is 11.1 Å². The molecule has 0 saturated carbocycles. The highest BCUT2D eigenvalue weighted by Gasteiger charge is 2.20. The van der Waals surface area contributed by atoms with Crippen LogP contribution in [-0.2, 0) is 12.8 Å². The summed E-state index contributed by atoms with van der Waals surface area (Å²) >= 11 is 0. The van der Waals surface area contributed by atoms with E-state index < -0.39 is 5.91 Å². The van der Waals surface area contributed by atoms with Crippen LogP contribution in [-0.4, -0.2) is 19.6 Å². The van der Waals surface area contributed by atoms with E-state index in [9.17, 15) is 4.79 Å². The Morgan fingerprint density at radius 1 is 1.27 bits per heavy atom. The van der Waals surface area contributed by atoms with E-state index in [1.54, 1.807) is 19.2 Å². The zero-order valence-electron chi connectivity index (χ0n) is 12.5. The van der Waals surface area contributed by atoms with Crippen LogP contribution >= 0.6 is 0 Å². The summed E-state index contributed by atoms with van der Waals surface area (Å²) in [5, 5.41) is 0. The number of ether oxygens (including phenoxy) is 2. The Morgan fingerprint density at radius 2 is 2.05 bits per heavy atom. The van der Waals surface area contributed by atoms with E-state index in [2.05, 4.69) is 6.07 Å². The molecule has 0 aliphatic carbocycles. The van der Waals surface area contributed by atoms with Gasteiger partial charge in [0.15, 0.2) is 0 Å². The van der Waals surface area contributed by atoms with Gasteiger partial charge in [-0.2, -0.15) is 0 Å². The van der Waals surface area contributed by atoms with Gasteiger partial charge >= 0.3 is 0 Å². The third-order valence-electron chi connectivity index (χ3n) is 4.02. The van der Waals surface area contributed by atoms with Crippen molar-refractivity contribution in [3.05, 3.63) is 59.2 Å². The first-order valence-corrected chi connectivity index (χ1v) is 7.34. The summed E-state index contributed by atoms with van der Waals surface area (Å²) in [6.07, 6.45) is 1.90. The van der Waals surface area contributed by atoms with Gasteiger partial charge in [0, 0.05) is 17.5 Å². The molecule has 2 N–H and O–H groups in total. The Balaban J connectivity index is 1.68. The van der Waals surface area contributed by atoms with Gasteiger partial charge in [-0.3, -0.25) is 4.79 Å². The van der Waals surface area contributed by atoms with E-state index in [-0.39, 0.29) is 0 Å². The summed E-state index contributed by atoms with van der Waals surface area (Å²) in [6.45, 7) is 0.692. The molecule has 4 nitrogen and oxygen atoms in total. The lowest BCUT2D eigenvalue weighted by Gasteiger charge is -2.25. The van der Waals surface area contributed by atoms with Gasteiger partial charge < -0.3 is 15.2 Å². The van der Waals surface area contributed by atoms with Gasteiger partial charge in [0.2, 0.25) is 5.91 Å². The maximum atomic E-state index is 11.1. The Labute approximate surface area is 129 Å². The average Bonchev–Trinajstić information content (AvgIpc) is 2.55. The Hall–Kier alpha value is -2.49. The summed E-state index contributed by atoms with van der Waals surface area (Å²) in [5.41, 5.74) is 8.20. The van der Waals surface area contributed by atoms with Gasteiger partial charge in [-0.05, 0) is 42.2 Å². The number of primary amides is 1. The maximum absolute atomic E-state index is 11.1. The molecule has 0 spiro atoms. The van der Waals surface area contributed by atoms with E-state index in [0.29, 0.717) is 18.1 Å². The number of amides is 1. The van der Waals surface area contributed by atoms with Crippen molar-refractivity contribution < 1.29 is 14.3 Å². The standard InChI is InChI=1S/C18H19NO3/c1-21-16-7-6-15-9-13(11-22-17(15)10-16)8-12-2-4-14(5-3-12)18(19)20/h2-7,10,13H,8-9,11H2,1H3,(H2,19,20)/t13-/m0/s1. The molecule has 2 aromatic rings. The van der Waals surface area contributed by atoms with Gasteiger partial charge in [-0.25, -0.2) is 0 Å². The van der Waals surface area contributed by atoms with Crippen molar-refractivity contribution in [2.24, 2.45) is 11.7 Å². The first-order valence-electron chi connectivity index (χ1n) is 7.34. The maximum Gasteiger partial charge on any atom is 0.248 e. The quantitative estimate of drug-likeness (QED) is 0.943. The van der Waals surface area contributed by atoms with Crippen molar-refractivity contribution in [3.8, 4) is 11.5 Å². The molecule has 0 aromatic heterocycles. The number of hydrogen-bond acceptors (Lipinski definition) is 3. The zero-order chi connectivity index (χ0) is 15.5. The van der Waals surface area contributed by atoms with Gasteiger partial charge in [0.25, 0.3) is 0 Å². The Bertz CT molecular complexity index is 679. The highest BCUT2D eigenvalue weighted by Crippen LogP contribution is 2.32. The molecule has 114 valence electrons. The topological polar surface area (TPSA) is 61.6 Å². The van der Waals surface area contributed by atoms with Crippen molar-refractivity contribution in [1.29, 1.82) is 0 Å². The van der Waals surface area contributed by atoms with Crippen LogP contribution in [0.1, 0.15) is 21.5 Å². The molecular weight excluding hydrogens is 278 g/mol. The van der Waals surface area contributed by atoms with Crippen LogP contribution in [0.5, 0.6) is 11.5 Å². The molecule has 0 radical (unpaired) electrons. The smallest absolute Gasteiger partial charge is 0.248 e. The van der Waals surface area contributed by atoms with Crippen LogP contribution in [0.25, 0.3) is 0 Å². The molecule has 1 aliphatic rings. The Morgan fingerprint density at radius 3 is 2.73 bits per heavy atom. The number of carbonyl (C=O) groups is 1. The number of carbonyl (C=O) groups excluding carboxylic acids is 1. The summed E-state index contributed by atoms with van der Waals surface area (Å²) in [6, 6.07) is 13.4. The zero-order valence-corrected chi connectivity index (χ0v) is 12.5. The average molecular weight is 297 g/mol. The number of fused-ring (bicyclic) bond motifs is 1. The van der Waals surface area contributed by atoms with Crippen LogP contribution in [0.4, 0.5) is 0 Å². The van der Waals surface area contributed by atoms with Gasteiger partial charge in [0.1, 0.15) is 11.5 Å². The number of benzene rings is 2. The van der Waals surface area contributed by atoms with Crippen molar-refractivity contribution in [3.63, 3.8) is 0 Å². The molecule has 1 amide bonds. The number of rotatable bonds is 4. The van der Waals surface area contributed by atoms with E-state index in [0.717, 1.165) is 24.3 Å². The Kier molecular flexibility index (Phi) is 4.00. The second kappa shape index (κ2) is 6.10. The number of nitrogens with two attached hydrogens (primary N) is 1. The molecule has 2 aromatic carbocycles.